The van der Waals surface area contributed by atoms with E-state index in [2.05, 4.69) is 18.6 Å². The van der Waals surface area contributed by atoms with Gasteiger partial charge in [0.25, 0.3) is 0 Å². The molecule has 30 heavy (non-hydrogen) atoms. The van der Waals surface area contributed by atoms with E-state index >= 15 is 0 Å². The molecule has 2 rings (SSSR count). The molecule has 0 aromatic rings. The summed E-state index contributed by atoms with van der Waals surface area (Å²) in [4.78, 5) is 19.4. The van der Waals surface area contributed by atoms with E-state index in [0.717, 1.165) is 0 Å². The molecule has 0 saturated carbocycles. The molecule has 0 N–H and O–H groups in total. The second-order valence-electron chi connectivity index (χ2n) is 8.01. The third-order valence-electron chi connectivity index (χ3n) is 5.56. The van der Waals surface area contributed by atoms with E-state index in [1.54, 1.807) is 18.1 Å². The molecule has 0 aliphatic carbocycles. The quantitative estimate of drug-likeness (QED) is 0.319. The summed E-state index contributed by atoms with van der Waals surface area (Å²) < 4.78 is 28.6. The molecule has 9 nitrogen and oxygen atoms in total. The molecule has 2 heterocycles. The van der Waals surface area contributed by atoms with Gasteiger partial charge in [0.05, 0.1) is 0 Å². The summed E-state index contributed by atoms with van der Waals surface area (Å²) in [5.74, 6) is 0.127. The van der Waals surface area contributed by atoms with E-state index in [1.807, 2.05) is 20.8 Å². The Hall–Kier alpha value is -1.49. The number of rotatable bonds is 9. The van der Waals surface area contributed by atoms with Gasteiger partial charge in [0.2, 0.25) is 0 Å². The van der Waals surface area contributed by atoms with Crippen molar-refractivity contribution in [1.82, 2.24) is 4.90 Å². The van der Waals surface area contributed by atoms with Crippen LogP contribution in [-0.2, 0) is 28.5 Å². The molecule has 1 amide bonds. The molecule has 2 aliphatic heterocycles. The Bertz CT molecular complexity index is 579. The first-order valence-electron chi connectivity index (χ1n) is 10.4. The van der Waals surface area contributed by atoms with Gasteiger partial charge in [-0.05, 0) is 0 Å². The van der Waals surface area contributed by atoms with Gasteiger partial charge in [-0.2, -0.15) is 0 Å². The normalized spacial score (nSPS) is 34.2. The Balaban J connectivity index is 2.00. The van der Waals surface area contributed by atoms with Crippen molar-refractivity contribution in [2.45, 2.75) is 83.5 Å². The minimum atomic E-state index is -0.742. The van der Waals surface area contributed by atoms with Crippen LogP contribution in [0.15, 0.2) is 17.7 Å². The first-order chi connectivity index (χ1) is 14.3. The minimum absolute atomic E-state index is 0.0320. The van der Waals surface area contributed by atoms with Crippen LogP contribution < -0.4 is 0 Å². The Morgan fingerprint density at radius 1 is 1.33 bits per heavy atom. The Morgan fingerprint density at radius 3 is 2.63 bits per heavy atom. The molecular weight excluding hydrogens is 391 g/mol. The van der Waals surface area contributed by atoms with Gasteiger partial charge >= 0.3 is 160 Å². The molecule has 169 valence electrons. The summed E-state index contributed by atoms with van der Waals surface area (Å²) in [6.07, 6.45) is 0.336. The Labute approximate surface area is 180 Å². The average Bonchev–Trinajstić information content (AvgIpc) is 2.70. The molecule has 10 heteroatoms. The van der Waals surface area contributed by atoms with Gasteiger partial charge in [-0.3, -0.25) is 0 Å². The number of carbonyl (C=O) groups is 1. The van der Waals surface area contributed by atoms with Crippen molar-refractivity contribution in [3.63, 3.8) is 0 Å². The van der Waals surface area contributed by atoms with Gasteiger partial charge in [-0.1, -0.05) is 12.7 Å². The fourth-order valence-electron chi connectivity index (χ4n) is 3.96. The van der Waals surface area contributed by atoms with Crippen LogP contribution in [0.3, 0.4) is 0 Å². The molecule has 7 unspecified atom stereocenters. The summed E-state index contributed by atoms with van der Waals surface area (Å²) in [6.45, 7) is 12.0. The van der Waals surface area contributed by atoms with Gasteiger partial charge in [0, 0.05) is 0 Å². The second-order valence-corrected chi connectivity index (χ2v) is 8.01. The van der Waals surface area contributed by atoms with E-state index in [9.17, 15) is 4.79 Å². The van der Waals surface area contributed by atoms with Gasteiger partial charge in [0.15, 0.2) is 0 Å². The predicted octanol–water partition coefficient (Wildman–Crippen LogP) is 2.59. The number of nitrogens with zero attached hydrogens (tertiary/aromatic N) is 2. The molecule has 0 aromatic heterocycles. The van der Waals surface area contributed by atoms with Crippen molar-refractivity contribution in [3.05, 3.63) is 12.7 Å². The van der Waals surface area contributed by atoms with Crippen LogP contribution in [0.1, 0.15) is 40.5 Å². The summed E-state index contributed by atoms with van der Waals surface area (Å²) >= 11 is 0. The first-order valence-corrected chi connectivity index (χ1v) is 10.4. The van der Waals surface area contributed by atoms with E-state index in [-0.39, 0.29) is 42.9 Å². The topological polar surface area (TPSA) is 88.1 Å². The fraction of sp³-hybridized carbons (Fsp3) is 0.850. The van der Waals surface area contributed by atoms with Crippen molar-refractivity contribution in [2.24, 2.45) is 11.0 Å². The van der Waals surface area contributed by atoms with Crippen LogP contribution in [-0.4, -0.2) is 81.9 Å². The Morgan fingerprint density at radius 2 is 2.07 bits per heavy atom. The maximum atomic E-state index is 12.5. The molecule has 0 spiro atoms. The van der Waals surface area contributed by atoms with Crippen LogP contribution in [0.4, 0.5) is 4.79 Å². The monoisotopic (exact) mass is 425 g/mol. The number of ether oxygens (including phenoxy) is 5. The zero-order valence-corrected chi connectivity index (χ0v) is 18.6. The summed E-state index contributed by atoms with van der Waals surface area (Å²) in [5, 5.41) is 3.25. The van der Waals surface area contributed by atoms with Crippen LogP contribution in [0.25, 0.3) is 0 Å². The summed E-state index contributed by atoms with van der Waals surface area (Å²) in [7, 11) is 6.81. The predicted molar refractivity (Wildman–Crippen MR) is 110 cm³/mol. The first kappa shape index (κ1) is 24.8. The van der Waals surface area contributed by atoms with E-state index in [1.165, 1.54) is 0 Å². The van der Waals surface area contributed by atoms with E-state index < -0.39 is 18.7 Å². The molecule has 0 bridgehead atoms. The molecule has 2 aliphatic rings. The molecule has 7 atom stereocenters. The zero-order valence-electron chi connectivity index (χ0n) is 18.6. The third-order valence-corrected chi connectivity index (χ3v) is 5.56. The molecular formula is C20H34BN2O7. The number of hydrogen-bond acceptors (Lipinski definition) is 8. The van der Waals surface area contributed by atoms with Crippen LogP contribution >= 0.6 is 0 Å². The van der Waals surface area contributed by atoms with Gasteiger partial charge in [-0.15, -0.1) is 0 Å². The van der Waals surface area contributed by atoms with Gasteiger partial charge < -0.3 is 0 Å². The maximum absolute atomic E-state index is 12.5. The van der Waals surface area contributed by atoms with E-state index in [0.29, 0.717) is 19.4 Å². The van der Waals surface area contributed by atoms with Crippen LogP contribution in [0.5, 0.6) is 0 Å². The molecule has 2 saturated heterocycles. The zero-order chi connectivity index (χ0) is 22.3. The average molecular weight is 425 g/mol. The van der Waals surface area contributed by atoms with Crippen LogP contribution in [0, 0.1) is 5.92 Å². The van der Waals surface area contributed by atoms with Gasteiger partial charge in [-0.25, -0.2) is 0 Å². The Kier molecular flexibility index (Phi) is 9.73. The number of methoxy groups -OCH3 is 1. The molecule has 1 radical (unpaired) electrons. The number of amides is 1. The van der Waals surface area contributed by atoms with Gasteiger partial charge in [0.1, 0.15) is 6.61 Å². The molecule has 2 fully saturated rings. The van der Waals surface area contributed by atoms with Crippen molar-refractivity contribution in [3.8, 4) is 0 Å². The van der Waals surface area contributed by atoms with Crippen molar-refractivity contribution in [1.29, 1.82) is 0 Å². The fourth-order valence-corrected chi connectivity index (χ4v) is 3.96. The van der Waals surface area contributed by atoms with E-state index in [4.69, 9.17) is 36.2 Å². The van der Waals surface area contributed by atoms with Crippen LogP contribution in [0.2, 0.25) is 0 Å². The standard InChI is InChI=1S/C20H34BN2O7/c1-7-8-26-20(24)23(12(2)3)15-11-27-18(9-13(15)4)29-17-10-16(25-6)14(5)28-19(17)30-22-21/h7,12-19H,1,8-11H2,2-6H3. The number of carbonyl (C=O) groups excluding carboxylic acids is 1. The SMILES string of the molecule is [B]=NOC1OC(C)C(OC)CC1OC1CC(C)C(N(C(=O)OCC=C)C(C)C)CO1. The summed E-state index contributed by atoms with van der Waals surface area (Å²) in [6, 6.07) is -0.155. The van der Waals surface area contributed by atoms with Crippen molar-refractivity contribution >= 4 is 13.7 Å². The van der Waals surface area contributed by atoms with Crippen molar-refractivity contribution < 1.29 is 33.3 Å². The second kappa shape index (κ2) is 11.8. The summed E-state index contributed by atoms with van der Waals surface area (Å²) in [5.41, 5.74) is 0. The number of hydrogen-bond donors (Lipinski definition) is 0. The van der Waals surface area contributed by atoms with Crippen molar-refractivity contribution in [2.75, 3.05) is 20.3 Å². The molecule has 0 aromatic carbocycles. The third kappa shape index (κ3) is 6.26.